The molecule has 1 amide bonds. The van der Waals surface area contributed by atoms with Gasteiger partial charge in [0.1, 0.15) is 0 Å². The first-order chi connectivity index (χ1) is 9.87. The molecule has 7 heteroatoms. The number of carbonyl (C=O) groups excluding carboxylic acids is 1. The SMILES string of the molecule is CN(C(=O)c1ccccc1)[C@H]1CC[C@H](CS(=O)(=O)O)CC1.N. The molecule has 0 spiro atoms. The van der Waals surface area contributed by atoms with Crippen LogP contribution in [0.5, 0.6) is 0 Å². The van der Waals surface area contributed by atoms with Crippen molar-refractivity contribution < 1.29 is 17.8 Å². The molecule has 0 saturated heterocycles. The summed E-state index contributed by atoms with van der Waals surface area (Å²) in [6.45, 7) is 0. The van der Waals surface area contributed by atoms with Gasteiger partial charge in [0.2, 0.25) is 0 Å². The third-order valence-corrected chi connectivity index (χ3v) is 5.04. The maximum absolute atomic E-state index is 12.3. The molecule has 1 saturated carbocycles. The van der Waals surface area contributed by atoms with Crippen molar-refractivity contribution in [2.24, 2.45) is 5.92 Å². The van der Waals surface area contributed by atoms with Crippen molar-refractivity contribution in [1.82, 2.24) is 11.1 Å². The lowest BCUT2D eigenvalue weighted by Gasteiger charge is -2.34. The van der Waals surface area contributed by atoms with Crippen molar-refractivity contribution in [3.63, 3.8) is 0 Å². The van der Waals surface area contributed by atoms with Gasteiger partial charge in [-0.05, 0) is 43.7 Å². The maximum Gasteiger partial charge on any atom is 0.265 e. The summed E-state index contributed by atoms with van der Waals surface area (Å²) in [6, 6.07) is 9.27. The summed E-state index contributed by atoms with van der Waals surface area (Å²) in [5.74, 6) is -0.180. The Kier molecular flexibility index (Phi) is 6.52. The Morgan fingerprint density at radius 2 is 1.73 bits per heavy atom. The van der Waals surface area contributed by atoms with Gasteiger partial charge in [-0.1, -0.05) is 18.2 Å². The molecule has 1 aromatic rings. The third kappa shape index (κ3) is 5.08. The van der Waals surface area contributed by atoms with E-state index < -0.39 is 10.1 Å². The average Bonchev–Trinajstić information content (AvgIpc) is 2.46. The number of rotatable bonds is 4. The summed E-state index contributed by atoms with van der Waals surface area (Å²) >= 11 is 0. The Labute approximate surface area is 131 Å². The van der Waals surface area contributed by atoms with Gasteiger partial charge in [0.05, 0.1) is 5.75 Å². The lowest BCUT2D eigenvalue weighted by atomic mass is 9.86. The average molecular weight is 328 g/mol. The molecule has 4 N–H and O–H groups in total. The van der Waals surface area contributed by atoms with Crippen molar-refractivity contribution in [2.75, 3.05) is 12.8 Å². The highest BCUT2D eigenvalue weighted by atomic mass is 32.2. The third-order valence-electron chi connectivity index (χ3n) is 4.15. The van der Waals surface area contributed by atoms with Gasteiger partial charge in [0, 0.05) is 18.7 Å². The van der Waals surface area contributed by atoms with E-state index in [4.69, 9.17) is 4.55 Å². The van der Waals surface area contributed by atoms with Gasteiger partial charge in [-0.2, -0.15) is 8.42 Å². The van der Waals surface area contributed by atoms with E-state index in [1.807, 2.05) is 18.2 Å². The van der Waals surface area contributed by atoms with Crippen LogP contribution >= 0.6 is 0 Å². The van der Waals surface area contributed by atoms with E-state index in [0.29, 0.717) is 5.56 Å². The lowest BCUT2D eigenvalue weighted by Crippen LogP contribution is -2.40. The number of hydrogen-bond donors (Lipinski definition) is 2. The minimum Gasteiger partial charge on any atom is -0.344 e. The molecule has 124 valence electrons. The molecule has 0 atom stereocenters. The summed E-state index contributed by atoms with van der Waals surface area (Å²) in [5, 5.41) is 0. The van der Waals surface area contributed by atoms with Crippen LogP contribution in [0.2, 0.25) is 0 Å². The summed E-state index contributed by atoms with van der Waals surface area (Å²) in [7, 11) is -2.11. The molecule has 2 rings (SSSR count). The van der Waals surface area contributed by atoms with E-state index in [1.54, 1.807) is 24.1 Å². The van der Waals surface area contributed by atoms with Crippen LogP contribution in [-0.2, 0) is 10.1 Å². The maximum atomic E-state index is 12.3. The number of nitrogens with zero attached hydrogens (tertiary/aromatic N) is 1. The molecule has 0 unspecified atom stereocenters. The van der Waals surface area contributed by atoms with Crippen LogP contribution < -0.4 is 6.15 Å². The molecule has 0 heterocycles. The highest BCUT2D eigenvalue weighted by Gasteiger charge is 2.28. The van der Waals surface area contributed by atoms with Gasteiger partial charge >= 0.3 is 0 Å². The molecule has 0 aromatic heterocycles. The Bertz CT molecular complexity index is 581. The molecule has 0 aliphatic heterocycles. The fourth-order valence-corrected chi connectivity index (χ4v) is 3.88. The fraction of sp³-hybridized carbons (Fsp3) is 0.533. The van der Waals surface area contributed by atoms with Crippen molar-refractivity contribution >= 4 is 16.0 Å². The van der Waals surface area contributed by atoms with Gasteiger partial charge in [0.15, 0.2) is 0 Å². The van der Waals surface area contributed by atoms with Gasteiger partial charge < -0.3 is 11.1 Å². The molecule has 6 nitrogen and oxygen atoms in total. The van der Waals surface area contributed by atoms with Crippen LogP contribution in [0.1, 0.15) is 36.0 Å². The smallest absolute Gasteiger partial charge is 0.265 e. The first-order valence-electron chi connectivity index (χ1n) is 7.14. The van der Waals surface area contributed by atoms with E-state index in [2.05, 4.69) is 0 Å². The van der Waals surface area contributed by atoms with Crippen LogP contribution in [0.25, 0.3) is 0 Å². The minimum atomic E-state index is -3.90. The van der Waals surface area contributed by atoms with Gasteiger partial charge in [-0.15, -0.1) is 0 Å². The van der Waals surface area contributed by atoms with E-state index in [1.165, 1.54) is 0 Å². The first-order valence-corrected chi connectivity index (χ1v) is 8.75. The molecule has 1 aliphatic rings. The Balaban J connectivity index is 0.00000242. The Morgan fingerprint density at radius 1 is 1.18 bits per heavy atom. The summed E-state index contributed by atoms with van der Waals surface area (Å²) in [5.41, 5.74) is 0.667. The second-order valence-corrected chi connectivity index (χ2v) is 7.20. The lowest BCUT2D eigenvalue weighted by molar-refractivity contribution is 0.0679. The number of amides is 1. The first kappa shape index (κ1) is 18.6. The van der Waals surface area contributed by atoms with Gasteiger partial charge in [0.25, 0.3) is 16.0 Å². The van der Waals surface area contributed by atoms with Crippen LogP contribution in [0.15, 0.2) is 30.3 Å². The molecule has 1 fully saturated rings. The molecule has 0 radical (unpaired) electrons. The topological polar surface area (TPSA) is 110 Å². The number of carbonyl (C=O) groups is 1. The van der Waals surface area contributed by atoms with Crippen LogP contribution in [0.3, 0.4) is 0 Å². The second-order valence-electron chi connectivity index (χ2n) is 5.71. The molecule has 1 aliphatic carbocycles. The minimum absolute atomic E-state index is 0. The van der Waals surface area contributed by atoms with Gasteiger partial charge in [-0.25, -0.2) is 0 Å². The monoisotopic (exact) mass is 328 g/mol. The predicted octanol–water partition coefficient (Wildman–Crippen LogP) is 2.37. The normalized spacial score (nSPS) is 21.7. The summed E-state index contributed by atoms with van der Waals surface area (Å²) in [6.07, 6.45) is 2.98. The van der Waals surface area contributed by atoms with Crippen LogP contribution in [0.4, 0.5) is 0 Å². The van der Waals surface area contributed by atoms with E-state index in [-0.39, 0.29) is 29.8 Å². The quantitative estimate of drug-likeness (QED) is 0.825. The van der Waals surface area contributed by atoms with E-state index in [0.717, 1.165) is 25.7 Å². The second kappa shape index (κ2) is 7.71. The van der Waals surface area contributed by atoms with Crippen molar-refractivity contribution in [1.29, 1.82) is 0 Å². The van der Waals surface area contributed by atoms with E-state index >= 15 is 0 Å². The standard InChI is InChI=1S/C15H21NO4S.H3N/c1-16(15(17)13-5-3-2-4-6-13)14-9-7-12(8-10-14)11-21(18,19)20;/h2-6,12,14H,7-11H2,1H3,(H,18,19,20);1H3/t12-,14-;. The van der Waals surface area contributed by atoms with Crippen LogP contribution in [0, 0.1) is 5.92 Å². The fourth-order valence-electron chi connectivity index (χ4n) is 2.95. The highest BCUT2D eigenvalue weighted by Crippen LogP contribution is 2.28. The molecule has 1 aromatic carbocycles. The Hall–Kier alpha value is -1.44. The summed E-state index contributed by atoms with van der Waals surface area (Å²) in [4.78, 5) is 14.1. The molecule has 22 heavy (non-hydrogen) atoms. The number of benzene rings is 1. The zero-order valence-corrected chi connectivity index (χ0v) is 13.6. The van der Waals surface area contributed by atoms with E-state index in [9.17, 15) is 13.2 Å². The van der Waals surface area contributed by atoms with Gasteiger partial charge in [-0.3, -0.25) is 9.35 Å². The molecular formula is C15H24N2O4S. The number of hydrogen-bond acceptors (Lipinski definition) is 4. The molecular weight excluding hydrogens is 304 g/mol. The van der Waals surface area contributed by atoms with Crippen LogP contribution in [-0.4, -0.2) is 42.6 Å². The zero-order chi connectivity index (χ0) is 15.5. The van der Waals surface area contributed by atoms with Crippen molar-refractivity contribution in [3.05, 3.63) is 35.9 Å². The Morgan fingerprint density at radius 3 is 2.23 bits per heavy atom. The van der Waals surface area contributed by atoms with Crippen molar-refractivity contribution in [2.45, 2.75) is 31.7 Å². The predicted molar refractivity (Wildman–Crippen MR) is 85.7 cm³/mol. The highest BCUT2D eigenvalue weighted by molar-refractivity contribution is 7.85. The van der Waals surface area contributed by atoms with Crippen molar-refractivity contribution in [3.8, 4) is 0 Å². The zero-order valence-electron chi connectivity index (χ0n) is 12.8. The summed E-state index contributed by atoms with van der Waals surface area (Å²) < 4.78 is 30.7. The largest absolute Gasteiger partial charge is 0.344 e. The molecule has 0 bridgehead atoms.